The summed E-state index contributed by atoms with van der Waals surface area (Å²) in [6.07, 6.45) is 1.26. The Morgan fingerprint density at radius 3 is 2.31 bits per heavy atom. The standard InChI is InChI=1S/C23H20N2O4/c26-21(27)13-14-24-23(29)20(25-22(28)17-8-2-1-3-9-17)15-18-11-6-10-16-7-4-5-12-19(16)18/h1-12,15H,13-14H2,(H,24,29)(H,25,28)(H,26,27)/p-1/b20-15+. The molecule has 0 unspecified atom stereocenters. The number of hydrogen-bond acceptors (Lipinski definition) is 4. The first-order chi connectivity index (χ1) is 14.0. The number of carbonyl (C=O) groups is 3. The number of carboxylic acids is 1. The number of fused-ring (bicyclic) bond motifs is 1. The van der Waals surface area contributed by atoms with Gasteiger partial charge in [0.15, 0.2) is 0 Å². The predicted octanol–water partition coefficient (Wildman–Crippen LogP) is 1.87. The Kier molecular flexibility index (Phi) is 6.37. The normalized spacial score (nSPS) is 11.1. The van der Waals surface area contributed by atoms with Crippen molar-refractivity contribution >= 4 is 34.6 Å². The highest BCUT2D eigenvalue weighted by Crippen LogP contribution is 2.20. The number of aliphatic carboxylic acids is 1. The molecule has 0 spiro atoms. The van der Waals surface area contributed by atoms with Crippen LogP contribution in [0.3, 0.4) is 0 Å². The third-order valence-corrected chi connectivity index (χ3v) is 4.27. The van der Waals surface area contributed by atoms with Crippen LogP contribution in [0.4, 0.5) is 0 Å². The van der Waals surface area contributed by atoms with Crippen molar-refractivity contribution in [2.24, 2.45) is 0 Å². The fourth-order valence-corrected chi connectivity index (χ4v) is 2.85. The zero-order valence-electron chi connectivity index (χ0n) is 15.6. The Hall–Kier alpha value is -3.93. The number of benzene rings is 3. The fraction of sp³-hybridized carbons (Fsp3) is 0.0870. The van der Waals surface area contributed by atoms with Gasteiger partial charge >= 0.3 is 0 Å². The largest absolute Gasteiger partial charge is 0.550 e. The molecule has 0 aliphatic carbocycles. The molecule has 0 aromatic heterocycles. The van der Waals surface area contributed by atoms with Gasteiger partial charge in [-0.05, 0) is 34.5 Å². The van der Waals surface area contributed by atoms with Crippen molar-refractivity contribution in [3.05, 3.63) is 89.6 Å². The zero-order chi connectivity index (χ0) is 20.6. The lowest BCUT2D eigenvalue weighted by Gasteiger charge is -2.12. The van der Waals surface area contributed by atoms with Gasteiger partial charge in [-0.15, -0.1) is 0 Å². The number of rotatable bonds is 7. The lowest BCUT2D eigenvalue weighted by molar-refractivity contribution is -0.305. The van der Waals surface area contributed by atoms with Gasteiger partial charge in [-0.3, -0.25) is 9.59 Å². The molecule has 0 aliphatic heterocycles. The minimum absolute atomic E-state index is 0.0218. The average molecular weight is 387 g/mol. The molecule has 3 aromatic rings. The molecule has 0 heterocycles. The van der Waals surface area contributed by atoms with Crippen LogP contribution in [0.15, 0.2) is 78.5 Å². The number of nitrogens with one attached hydrogen (secondary N) is 2. The van der Waals surface area contributed by atoms with Gasteiger partial charge in [0.2, 0.25) is 0 Å². The van der Waals surface area contributed by atoms with E-state index >= 15 is 0 Å². The Labute approximate surface area is 167 Å². The van der Waals surface area contributed by atoms with E-state index in [1.807, 2.05) is 42.5 Å². The van der Waals surface area contributed by atoms with Crippen LogP contribution in [0, 0.1) is 0 Å². The quantitative estimate of drug-likeness (QED) is 0.605. The second kappa shape index (κ2) is 9.32. The van der Waals surface area contributed by atoms with E-state index in [1.165, 1.54) is 0 Å². The van der Waals surface area contributed by atoms with Gasteiger partial charge in [0.05, 0.1) is 0 Å². The van der Waals surface area contributed by atoms with E-state index in [4.69, 9.17) is 0 Å². The van der Waals surface area contributed by atoms with E-state index in [0.29, 0.717) is 5.56 Å². The highest BCUT2D eigenvalue weighted by molar-refractivity contribution is 6.06. The fourth-order valence-electron chi connectivity index (χ4n) is 2.85. The predicted molar refractivity (Wildman–Crippen MR) is 108 cm³/mol. The Morgan fingerprint density at radius 2 is 1.55 bits per heavy atom. The smallest absolute Gasteiger partial charge is 0.267 e. The first-order valence-corrected chi connectivity index (χ1v) is 9.08. The number of hydrogen-bond donors (Lipinski definition) is 2. The molecule has 0 radical (unpaired) electrons. The van der Waals surface area contributed by atoms with Crippen LogP contribution in [-0.2, 0) is 9.59 Å². The van der Waals surface area contributed by atoms with Crippen LogP contribution in [0.5, 0.6) is 0 Å². The van der Waals surface area contributed by atoms with Crippen LogP contribution in [-0.4, -0.2) is 24.3 Å². The van der Waals surface area contributed by atoms with E-state index in [1.54, 1.807) is 36.4 Å². The second-order valence-corrected chi connectivity index (χ2v) is 6.32. The van der Waals surface area contributed by atoms with Crippen molar-refractivity contribution in [1.82, 2.24) is 10.6 Å². The highest BCUT2D eigenvalue weighted by atomic mass is 16.4. The Morgan fingerprint density at radius 1 is 0.862 bits per heavy atom. The summed E-state index contributed by atoms with van der Waals surface area (Å²) in [5.41, 5.74) is 1.17. The summed E-state index contributed by atoms with van der Waals surface area (Å²) in [5.74, 6) is -2.28. The Bertz CT molecular complexity index is 1070. The molecule has 0 saturated carbocycles. The Balaban J connectivity index is 1.93. The monoisotopic (exact) mass is 387 g/mol. The zero-order valence-corrected chi connectivity index (χ0v) is 15.6. The van der Waals surface area contributed by atoms with Gasteiger partial charge in [0.25, 0.3) is 11.8 Å². The molecule has 146 valence electrons. The lowest BCUT2D eigenvalue weighted by Crippen LogP contribution is -2.37. The summed E-state index contributed by atoms with van der Waals surface area (Å²) in [6, 6.07) is 21.8. The molecule has 0 atom stereocenters. The molecule has 3 aromatic carbocycles. The molecule has 0 fully saturated rings. The second-order valence-electron chi connectivity index (χ2n) is 6.32. The molecule has 3 rings (SSSR count). The van der Waals surface area contributed by atoms with E-state index in [0.717, 1.165) is 16.3 Å². The molecule has 6 heteroatoms. The topological polar surface area (TPSA) is 98.3 Å². The average Bonchev–Trinajstić information content (AvgIpc) is 2.73. The summed E-state index contributed by atoms with van der Waals surface area (Å²) in [4.78, 5) is 35.8. The SMILES string of the molecule is O=C([O-])CCNC(=O)/C(=C\c1cccc2ccccc12)NC(=O)c1ccccc1. The van der Waals surface area contributed by atoms with Crippen molar-refractivity contribution < 1.29 is 19.5 Å². The van der Waals surface area contributed by atoms with E-state index in [9.17, 15) is 19.5 Å². The molecule has 0 aliphatic rings. The third kappa shape index (κ3) is 5.29. The van der Waals surface area contributed by atoms with E-state index in [-0.39, 0.29) is 18.7 Å². The van der Waals surface area contributed by atoms with Crippen LogP contribution >= 0.6 is 0 Å². The minimum atomic E-state index is -1.27. The maximum Gasteiger partial charge on any atom is 0.267 e. The molecular weight excluding hydrogens is 368 g/mol. The molecule has 2 N–H and O–H groups in total. The number of carbonyl (C=O) groups excluding carboxylic acids is 3. The van der Waals surface area contributed by atoms with Crippen molar-refractivity contribution in [2.75, 3.05) is 6.54 Å². The van der Waals surface area contributed by atoms with Crippen molar-refractivity contribution in [3.63, 3.8) is 0 Å². The number of amides is 2. The molecular formula is C23H19N2O4-. The highest BCUT2D eigenvalue weighted by Gasteiger charge is 2.15. The maximum atomic E-state index is 12.6. The summed E-state index contributed by atoms with van der Waals surface area (Å²) < 4.78 is 0. The molecule has 0 saturated heterocycles. The van der Waals surface area contributed by atoms with Crippen LogP contribution in [0.2, 0.25) is 0 Å². The van der Waals surface area contributed by atoms with Gasteiger partial charge < -0.3 is 20.5 Å². The summed E-state index contributed by atoms with van der Waals surface area (Å²) in [5, 5.41) is 17.6. The van der Waals surface area contributed by atoms with E-state index in [2.05, 4.69) is 10.6 Å². The van der Waals surface area contributed by atoms with E-state index < -0.39 is 17.8 Å². The van der Waals surface area contributed by atoms with Gasteiger partial charge in [-0.1, -0.05) is 60.7 Å². The number of carboxylic acid groups (broad SMARTS) is 1. The van der Waals surface area contributed by atoms with Gasteiger partial charge in [0.1, 0.15) is 5.70 Å². The molecule has 29 heavy (non-hydrogen) atoms. The maximum absolute atomic E-state index is 12.6. The summed E-state index contributed by atoms with van der Waals surface area (Å²) in [6.45, 7) is -0.102. The van der Waals surface area contributed by atoms with Crippen LogP contribution in [0.1, 0.15) is 22.3 Å². The van der Waals surface area contributed by atoms with Gasteiger partial charge in [-0.2, -0.15) is 0 Å². The first-order valence-electron chi connectivity index (χ1n) is 9.08. The first kappa shape index (κ1) is 19.8. The minimum Gasteiger partial charge on any atom is -0.550 e. The van der Waals surface area contributed by atoms with Crippen LogP contribution < -0.4 is 15.7 Å². The summed E-state index contributed by atoms with van der Waals surface area (Å²) in [7, 11) is 0. The molecule has 2 amide bonds. The van der Waals surface area contributed by atoms with Crippen LogP contribution in [0.25, 0.3) is 16.8 Å². The molecule has 6 nitrogen and oxygen atoms in total. The van der Waals surface area contributed by atoms with Crippen molar-refractivity contribution in [3.8, 4) is 0 Å². The molecule has 0 bridgehead atoms. The summed E-state index contributed by atoms with van der Waals surface area (Å²) >= 11 is 0. The van der Waals surface area contributed by atoms with Gasteiger partial charge in [0, 0.05) is 24.5 Å². The van der Waals surface area contributed by atoms with Crippen molar-refractivity contribution in [2.45, 2.75) is 6.42 Å². The lowest BCUT2D eigenvalue weighted by atomic mass is 10.0. The third-order valence-electron chi connectivity index (χ3n) is 4.27. The van der Waals surface area contributed by atoms with Crippen molar-refractivity contribution in [1.29, 1.82) is 0 Å². The van der Waals surface area contributed by atoms with Gasteiger partial charge in [-0.25, -0.2) is 0 Å².